The molecule has 2 heterocycles. The van der Waals surface area contributed by atoms with Gasteiger partial charge in [-0.25, -0.2) is 9.78 Å². The zero-order valence-corrected chi connectivity index (χ0v) is 13.0. The summed E-state index contributed by atoms with van der Waals surface area (Å²) in [6.45, 7) is 10.1. The van der Waals surface area contributed by atoms with E-state index in [1.165, 1.54) is 0 Å². The second-order valence-corrected chi connectivity index (χ2v) is 5.89. The molecule has 116 valence electrons. The van der Waals surface area contributed by atoms with Gasteiger partial charge < -0.3 is 10.1 Å². The maximum Gasteiger partial charge on any atom is 0.320 e. The van der Waals surface area contributed by atoms with Crippen molar-refractivity contribution < 1.29 is 9.53 Å². The SMILES string of the molecule is Cc1cccnc1NC(=O)NCC(C)(C)N1CCOCC1. The van der Waals surface area contributed by atoms with Gasteiger partial charge in [-0.1, -0.05) is 6.07 Å². The predicted octanol–water partition coefficient (Wildman–Crippen LogP) is 1.62. The zero-order valence-electron chi connectivity index (χ0n) is 13.0. The number of hydrogen-bond donors (Lipinski definition) is 2. The van der Waals surface area contributed by atoms with Gasteiger partial charge in [0.05, 0.1) is 13.2 Å². The number of hydrogen-bond acceptors (Lipinski definition) is 4. The van der Waals surface area contributed by atoms with Crippen molar-refractivity contribution >= 4 is 11.8 Å². The van der Waals surface area contributed by atoms with Gasteiger partial charge >= 0.3 is 6.03 Å². The van der Waals surface area contributed by atoms with Crippen molar-refractivity contribution in [2.75, 3.05) is 38.2 Å². The Morgan fingerprint density at radius 1 is 1.43 bits per heavy atom. The first-order valence-corrected chi connectivity index (χ1v) is 7.28. The van der Waals surface area contributed by atoms with Gasteiger partial charge in [-0.2, -0.15) is 0 Å². The number of carbonyl (C=O) groups excluding carboxylic acids is 1. The molecule has 2 N–H and O–H groups in total. The van der Waals surface area contributed by atoms with E-state index in [9.17, 15) is 4.79 Å². The van der Waals surface area contributed by atoms with Gasteiger partial charge in [-0.05, 0) is 32.4 Å². The largest absolute Gasteiger partial charge is 0.379 e. The van der Waals surface area contributed by atoms with Crippen molar-refractivity contribution in [2.24, 2.45) is 0 Å². The smallest absolute Gasteiger partial charge is 0.320 e. The standard InChI is InChI=1S/C15H24N4O2/c1-12-5-4-6-16-13(12)18-14(20)17-11-15(2,3)19-7-9-21-10-8-19/h4-6H,7-11H2,1-3H3,(H2,16,17,18,20). The lowest BCUT2D eigenvalue weighted by Crippen LogP contribution is -2.55. The summed E-state index contributed by atoms with van der Waals surface area (Å²) >= 11 is 0. The van der Waals surface area contributed by atoms with Crippen LogP contribution in [0.2, 0.25) is 0 Å². The van der Waals surface area contributed by atoms with E-state index in [0.29, 0.717) is 12.4 Å². The number of amides is 2. The van der Waals surface area contributed by atoms with Gasteiger partial charge in [0.1, 0.15) is 5.82 Å². The number of nitrogens with one attached hydrogen (secondary N) is 2. The number of urea groups is 1. The van der Waals surface area contributed by atoms with Crippen LogP contribution in [0.3, 0.4) is 0 Å². The average Bonchev–Trinajstić information content (AvgIpc) is 2.49. The van der Waals surface area contributed by atoms with E-state index in [-0.39, 0.29) is 11.6 Å². The normalized spacial score (nSPS) is 16.5. The van der Waals surface area contributed by atoms with Crippen LogP contribution in [0.1, 0.15) is 19.4 Å². The third-order valence-corrected chi connectivity index (χ3v) is 3.79. The van der Waals surface area contributed by atoms with E-state index >= 15 is 0 Å². The number of anilines is 1. The quantitative estimate of drug-likeness (QED) is 0.885. The highest BCUT2D eigenvalue weighted by atomic mass is 16.5. The number of ether oxygens (including phenoxy) is 1. The average molecular weight is 292 g/mol. The molecule has 2 amide bonds. The number of rotatable bonds is 4. The summed E-state index contributed by atoms with van der Waals surface area (Å²) < 4.78 is 5.36. The first-order valence-electron chi connectivity index (χ1n) is 7.28. The van der Waals surface area contributed by atoms with Crippen LogP contribution in [-0.4, -0.2) is 54.3 Å². The summed E-state index contributed by atoms with van der Waals surface area (Å²) in [5.41, 5.74) is 0.848. The molecule has 2 rings (SSSR count). The fourth-order valence-electron chi connectivity index (χ4n) is 2.35. The molecule has 6 nitrogen and oxygen atoms in total. The van der Waals surface area contributed by atoms with Crippen molar-refractivity contribution in [3.8, 4) is 0 Å². The Morgan fingerprint density at radius 2 is 2.14 bits per heavy atom. The predicted molar refractivity (Wildman–Crippen MR) is 82.5 cm³/mol. The van der Waals surface area contributed by atoms with E-state index in [0.717, 1.165) is 31.9 Å². The molecule has 0 bridgehead atoms. The van der Waals surface area contributed by atoms with Crippen LogP contribution in [0.15, 0.2) is 18.3 Å². The second-order valence-electron chi connectivity index (χ2n) is 5.89. The minimum absolute atomic E-state index is 0.0969. The molecule has 0 spiro atoms. The molecule has 0 aliphatic carbocycles. The lowest BCUT2D eigenvalue weighted by molar-refractivity contribution is -0.00863. The molecule has 21 heavy (non-hydrogen) atoms. The van der Waals surface area contributed by atoms with Gasteiger partial charge in [0.15, 0.2) is 0 Å². The Hall–Kier alpha value is -1.66. The van der Waals surface area contributed by atoms with E-state index in [2.05, 4.69) is 34.4 Å². The molecular formula is C15H24N4O2. The van der Waals surface area contributed by atoms with Gasteiger partial charge in [-0.15, -0.1) is 0 Å². The van der Waals surface area contributed by atoms with Crippen LogP contribution in [0.4, 0.5) is 10.6 Å². The highest BCUT2D eigenvalue weighted by Crippen LogP contribution is 2.15. The number of aromatic nitrogens is 1. The fourth-order valence-corrected chi connectivity index (χ4v) is 2.35. The molecule has 1 fully saturated rings. The molecule has 0 radical (unpaired) electrons. The van der Waals surface area contributed by atoms with Crippen molar-refractivity contribution in [3.05, 3.63) is 23.9 Å². The number of carbonyl (C=O) groups is 1. The summed E-state index contributed by atoms with van der Waals surface area (Å²) in [5.74, 6) is 0.596. The minimum Gasteiger partial charge on any atom is -0.379 e. The maximum atomic E-state index is 12.0. The second kappa shape index (κ2) is 6.87. The topological polar surface area (TPSA) is 66.5 Å². The molecule has 1 saturated heterocycles. The Labute approximate surface area is 125 Å². The van der Waals surface area contributed by atoms with E-state index < -0.39 is 0 Å². The first-order chi connectivity index (χ1) is 9.99. The maximum absolute atomic E-state index is 12.0. The van der Waals surface area contributed by atoms with Crippen LogP contribution < -0.4 is 10.6 Å². The Balaban J connectivity index is 1.84. The molecule has 0 unspecified atom stereocenters. The van der Waals surface area contributed by atoms with Crippen LogP contribution in [0.25, 0.3) is 0 Å². The van der Waals surface area contributed by atoms with E-state index in [1.54, 1.807) is 6.20 Å². The summed E-state index contributed by atoms with van der Waals surface area (Å²) in [4.78, 5) is 18.5. The van der Waals surface area contributed by atoms with Crippen LogP contribution in [0, 0.1) is 6.92 Å². The number of nitrogens with zero attached hydrogens (tertiary/aromatic N) is 2. The van der Waals surface area contributed by atoms with Gasteiger partial charge in [0, 0.05) is 31.4 Å². The fraction of sp³-hybridized carbons (Fsp3) is 0.600. The molecule has 1 aromatic heterocycles. The van der Waals surface area contributed by atoms with E-state index in [1.807, 2.05) is 19.1 Å². The number of pyridine rings is 1. The molecule has 0 aromatic carbocycles. The molecule has 1 aliphatic rings. The Morgan fingerprint density at radius 3 is 2.81 bits per heavy atom. The first kappa shape index (κ1) is 15.7. The Bertz CT molecular complexity index is 484. The minimum atomic E-state index is -0.224. The summed E-state index contributed by atoms with van der Waals surface area (Å²) in [6, 6.07) is 3.54. The monoisotopic (exact) mass is 292 g/mol. The van der Waals surface area contributed by atoms with Gasteiger partial charge in [0.2, 0.25) is 0 Å². The van der Waals surface area contributed by atoms with Crippen LogP contribution >= 0.6 is 0 Å². The molecule has 1 aromatic rings. The van der Waals surface area contributed by atoms with E-state index in [4.69, 9.17) is 4.74 Å². The third kappa shape index (κ3) is 4.41. The van der Waals surface area contributed by atoms with Gasteiger partial charge in [-0.3, -0.25) is 10.2 Å². The molecule has 1 aliphatic heterocycles. The molecule has 6 heteroatoms. The lowest BCUT2D eigenvalue weighted by Gasteiger charge is -2.40. The van der Waals surface area contributed by atoms with Crippen molar-refractivity contribution in [2.45, 2.75) is 26.3 Å². The van der Waals surface area contributed by atoms with Crippen LogP contribution in [-0.2, 0) is 4.74 Å². The highest BCUT2D eigenvalue weighted by molar-refractivity contribution is 5.88. The molecule has 0 saturated carbocycles. The number of aryl methyl sites for hydroxylation is 1. The summed E-state index contributed by atoms with van der Waals surface area (Å²) in [7, 11) is 0. The van der Waals surface area contributed by atoms with Crippen LogP contribution in [0.5, 0.6) is 0 Å². The third-order valence-electron chi connectivity index (χ3n) is 3.79. The summed E-state index contributed by atoms with van der Waals surface area (Å²) in [5, 5.41) is 5.70. The van der Waals surface area contributed by atoms with Crippen molar-refractivity contribution in [3.63, 3.8) is 0 Å². The lowest BCUT2D eigenvalue weighted by atomic mass is 10.0. The highest BCUT2D eigenvalue weighted by Gasteiger charge is 2.28. The summed E-state index contributed by atoms with van der Waals surface area (Å²) in [6.07, 6.45) is 1.67. The Kier molecular flexibility index (Phi) is 5.14. The van der Waals surface area contributed by atoms with Crippen molar-refractivity contribution in [1.29, 1.82) is 0 Å². The molecule has 0 atom stereocenters. The zero-order chi connectivity index (χ0) is 15.3. The van der Waals surface area contributed by atoms with Crippen molar-refractivity contribution in [1.82, 2.24) is 15.2 Å². The van der Waals surface area contributed by atoms with Gasteiger partial charge in [0.25, 0.3) is 0 Å². The number of morpholine rings is 1. The molecular weight excluding hydrogens is 268 g/mol.